The standard InChI is InChI=1S/C17H22N4O2/c1-23-16-4-2-13(3-5-16)11-21-12-15(9-19-21)17(22)20-7-6-14(8-18)10-20/h2-5,9,12,14H,6-8,10-11,18H2,1H3/t14-/m0/s1. The molecule has 0 saturated carbocycles. The van der Waals surface area contributed by atoms with Crippen molar-refractivity contribution in [2.75, 3.05) is 26.7 Å². The Labute approximate surface area is 135 Å². The van der Waals surface area contributed by atoms with Crippen LogP contribution in [0.15, 0.2) is 36.7 Å². The van der Waals surface area contributed by atoms with Gasteiger partial charge >= 0.3 is 0 Å². The van der Waals surface area contributed by atoms with Crippen molar-refractivity contribution < 1.29 is 9.53 Å². The van der Waals surface area contributed by atoms with E-state index in [2.05, 4.69) is 5.10 Å². The van der Waals surface area contributed by atoms with E-state index in [1.165, 1.54) is 0 Å². The van der Waals surface area contributed by atoms with E-state index in [0.29, 0.717) is 24.6 Å². The van der Waals surface area contributed by atoms with Crippen LogP contribution in [-0.4, -0.2) is 47.3 Å². The molecule has 1 aromatic heterocycles. The van der Waals surface area contributed by atoms with Crippen molar-refractivity contribution in [3.05, 3.63) is 47.8 Å². The molecule has 1 aliphatic rings. The minimum absolute atomic E-state index is 0.0435. The summed E-state index contributed by atoms with van der Waals surface area (Å²) in [6, 6.07) is 7.83. The first-order chi connectivity index (χ1) is 11.2. The monoisotopic (exact) mass is 314 g/mol. The third kappa shape index (κ3) is 3.53. The maximum Gasteiger partial charge on any atom is 0.257 e. The first-order valence-corrected chi connectivity index (χ1v) is 7.84. The lowest BCUT2D eigenvalue weighted by atomic mass is 10.1. The number of benzene rings is 1. The van der Waals surface area contributed by atoms with Crippen LogP contribution in [-0.2, 0) is 6.54 Å². The first-order valence-electron chi connectivity index (χ1n) is 7.84. The highest BCUT2D eigenvalue weighted by Gasteiger charge is 2.26. The molecule has 3 rings (SSSR count). The smallest absolute Gasteiger partial charge is 0.257 e. The quantitative estimate of drug-likeness (QED) is 0.904. The maximum atomic E-state index is 12.5. The Morgan fingerprint density at radius 1 is 1.39 bits per heavy atom. The fourth-order valence-corrected chi connectivity index (χ4v) is 2.87. The van der Waals surface area contributed by atoms with Gasteiger partial charge in [0, 0.05) is 19.3 Å². The van der Waals surface area contributed by atoms with E-state index in [9.17, 15) is 4.79 Å². The summed E-state index contributed by atoms with van der Waals surface area (Å²) in [5.74, 6) is 1.30. The summed E-state index contributed by atoms with van der Waals surface area (Å²) in [4.78, 5) is 14.3. The van der Waals surface area contributed by atoms with Gasteiger partial charge < -0.3 is 15.4 Å². The van der Waals surface area contributed by atoms with Crippen LogP contribution in [0.3, 0.4) is 0 Å². The molecule has 0 radical (unpaired) electrons. The molecule has 122 valence electrons. The van der Waals surface area contributed by atoms with Gasteiger partial charge in [-0.05, 0) is 36.6 Å². The van der Waals surface area contributed by atoms with Crippen molar-refractivity contribution in [1.29, 1.82) is 0 Å². The summed E-state index contributed by atoms with van der Waals surface area (Å²) in [5.41, 5.74) is 7.43. The first kappa shape index (κ1) is 15.6. The van der Waals surface area contributed by atoms with Crippen molar-refractivity contribution in [3.63, 3.8) is 0 Å². The predicted molar refractivity (Wildman–Crippen MR) is 87.4 cm³/mol. The highest BCUT2D eigenvalue weighted by atomic mass is 16.5. The Morgan fingerprint density at radius 2 is 2.17 bits per heavy atom. The second-order valence-electron chi connectivity index (χ2n) is 5.92. The predicted octanol–water partition coefficient (Wildman–Crippen LogP) is 1.36. The lowest BCUT2D eigenvalue weighted by Crippen LogP contribution is -2.29. The third-order valence-corrected chi connectivity index (χ3v) is 4.29. The topological polar surface area (TPSA) is 73.4 Å². The number of carbonyl (C=O) groups is 1. The lowest BCUT2D eigenvalue weighted by Gasteiger charge is -2.14. The minimum Gasteiger partial charge on any atom is -0.497 e. The molecule has 2 aromatic rings. The largest absolute Gasteiger partial charge is 0.497 e. The van der Waals surface area contributed by atoms with E-state index in [4.69, 9.17) is 10.5 Å². The van der Waals surface area contributed by atoms with Crippen molar-refractivity contribution in [2.45, 2.75) is 13.0 Å². The molecule has 1 amide bonds. The van der Waals surface area contributed by atoms with Crippen LogP contribution in [0.4, 0.5) is 0 Å². The number of methoxy groups -OCH3 is 1. The van der Waals surface area contributed by atoms with E-state index in [0.717, 1.165) is 30.8 Å². The van der Waals surface area contributed by atoms with Crippen LogP contribution in [0.25, 0.3) is 0 Å². The van der Waals surface area contributed by atoms with Gasteiger partial charge in [-0.25, -0.2) is 0 Å². The van der Waals surface area contributed by atoms with Gasteiger partial charge in [0.1, 0.15) is 5.75 Å². The van der Waals surface area contributed by atoms with E-state index < -0.39 is 0 Å². The molecule has 1 aliphatic heterocycles. The number of rotatable bonds is 5. The van der Waals surface area contributed by atoms with Crippen molar-refractivity contribution >= 4 is 5.91 Å². The molecule has 23 heavy (non-hydrogen) atoms. The van der Waals surface area contributed by atoms with Crippen molar-refractivity contribution in [1.82, 2.24) is 14.7 Å². The molecule has 0 aliphatic carbocycles. The van der Waals surface area contributed by atoms with Crippen LogP contribution in [0.1, 0.15) is 22.3 Å². The zero-order chi connectivity index (χ0) is 16.2. The van der Waals surface area contributed by atoms with Crippen molar-refractivity contribution in [2.24, 2.45) is 11.7 Å². The Kier molecular flexibility index (Phi) is 4.62. The van der Waals surface area contributed by atoms with E-state index in [1.54, 1.807) is 18.0 Å². The van der Waals surface area contributed by atoms with Gasteiger partial charge in [-0.15, -0.1) is 0 Å². The van der Waals surface area contributed by atoms with Crippen LogP contribution < -0.4 is 10.5 Å². The average Bonchev–Trinajstić information content (AvgIpc) is 3.24. The van der Waals surface area contributed by atoms with E-state index >= 15 is 0 Å². The fraction of sp³-hybridized carbons (Fsp3) is 0.412. The van der Waals surface area contributed by atoms with Gasteiger partial charge in [0.2, 0.25) is 0 Å². The molecule has 2 heterocycles. The number of likely N-dealkylation sites (tertiary alicyclic amines) is 1. The highest BCUT2D eigenvalue weighted by Crippen LogP contribution is 2.18. The van der Waals surface area contributed by atoms with Crippen LogP contribution in [0.2, 0.25) is 0 Å². The molecule has 2 N–H and O–H groups in total. The van der Waals surface area contributed by atoms with Gasteiger partial charge in [-0.3, -0.25) is 9.48 Å². The van der Waals surface area contributed by atoms with Crippen LogP contribution in [0, 0.1) is 5.92 Å². The molecule has 1 aromatic carbocycles. The number of ether oxygens (including phenoxy) is 1. The zero-order valence-electron chi connectivity index (χ0n) is 13.3. The summed E-state index contributed by atoms with van der Waals surface area (Å²) >= 11 is 0. The third-order valence-electron chi connectivity index (χ3n) is 4.29. The molecule has 0 unspecified atom stereocenters. The molecule has 1 saturated heterocycles. The van der Waals surface area contributed by atoms with E-state index in [1.807, 2.05) is 35.4 Å². The minimum atomic E-state index is 0.0435. The number of carbonyl (C=O) groups excluding carboxylic acids is 1. The van der Waals surface area contributed by atoms with Gasteiger partial charge in [0.05, 0.1) is 25.4 Å². The highest BCUT2D eigenvalue weighted by molar-refractivity contribution is 5.93. The van der Waals surface area contributed by atoms with Gasteiger partial charge in [0.15, 0.2) is 0 Å². The van der Waals surface area contributed by atoms with Gasteiger partial charge in [-0.2, -0.15) is 5.10 Å². The van der Waals surface area contributed by atoms with Crippen LogP contribution in [0.5, 0.6) is 5.75 Å². The Morgan fingerprint density at radius 3 is 2.83 bits per heavy atom. The Hall–Kier alpha value is -2.34. The molecule has 6 heteroatoms. The number of nitrogens with zero attached hydrogens (tertiary/aromatic N) is 3. The Bertz CT molecular complexity index is 665. The summed E-state index contributed by atoms with van der Waals surface area (Å²) in [6.07, 6.45) is 4.44. The van der Waals surface area contributed by atoms with E-state index in [-0.39, 0.29) is 5.91 Å². The Balaban J connectivity index is 1.64. The van der Waals surface area contributed by atoms with Crippen molar-refractivity contribution in [3.8, 4) is 5.75 Å². The SMILES string of the molecule is COc1ccc(Cn2cc(C(=O)N3CC[C@@H](CN)C3)cn2)cc1. The summed E-state index contributed by atoms with van der Waals surface area (Å²) in [5, 5.41) is 4.30. The molecule has 0 spiro atoms. The summed E-state index contributed by atoms with van der Waals surface area (Å²) < 4.78 is 6.93. The summed E-state index contributed by atoms with van der Waals surface area (Å²) in [6.45, 7) is 2.80. The fourth-order valence-electron chi connectivity index (χ4n) is 2.87. The number of aromatic nitrogens is 2. The number of hydrogen-bond acceptors (Lipinski definition) is 4. The van der Waals surface area contributed by atoms with Crippen LogP contribution >= 0.6 is 0 Å². The number of amides is 1. The molecular weight excluding hydrogens is 292 g/mol. The molecule has 1 fully saturated rings. The zero-order valence-corrected chi connectivity index (χ0v) is 13.3. The number of hydrogen-bond donors (Lipinski definition) is 1. The summed E-state index contributed by atoms with van der Waals surface area (Å²) in [7, 11) is 1.65. The molecular formula is C17H22N4O2. The second kappa shape index (κ2) is 6.83. The average molecular weight is 314 g/mol. The normalized spacial score (nSPS) is 17.5. The molecule has 6 nitrogen and oxygen atoms in total. The molecule has 0 bridgehead atoms. The lowest BCUT2D eigenvalue weighted by molar-refractivity contribution is 0.0787. The van der Waals surface area contributed by atoms with Gasteiger partial charge in [0.25, 0.3) is 5.91 Å². The molecule has 1 atom stereocenters. The number of nitrogens with two attached hydrogens (primary N) is 1. The maximum absolute atomic E-state index is 12.5. The second-order valence-corrected chi connectivity index (χ2v) is 5.92. The van der Waals surface area contributed by atoms with Gasteiger partial charge in [-0.1, -0.05) is 12.1 Å².